The number of hydrogen-bond donors (Lipinski definition) is 1. The largest absolute Gasteiger partial charge is 0.348 e. The molecule has 0 aromatic carbocycles. The molecule has 0 unspecified atom stereocenters. The molecule has 0 atom stereocenters. The first-order valence-corrected chi connectivity index (χ1v) is 6.45. The van der Waals surface area contributed by atoms with Crippen molar-refractivity contribution in [1.29, 1.82) is 0 Å². The van der Waals surface area contributed by atoms with Crippen LogP contribution in [0.3, 0.4) is 0 Å². The van der Waals surface area contributed by atoms with Gasteiger partial charge in [-0.05, 0) is 37.0 Å². The molecule has 98 valence electrons. The van der Waals surface area contributed by atoms with Crippen LogP contribution in [0, 0.1) is 5.41 Å². The Hall–Kier alpha value is -1.42. The van der Waals surface area contributed by atoms with Crippen LogP contribution in [-0.4, -0.2) is 43.0 Å². The van der Waals surface area contributed by atoms with Gasteiger partial charge in [0.05, 0.1) is 5.41 Å². The smallest absolute Gasteiger partial charge is 0.230 e. The van der Waals surface area contributed by atoms with Crippen LogP contribution in [0.1, 0.15) is 18.4 Å². The number of amides is 1. The summed E-state index contributed by atoms with van der Waals surface area (Å²) in [6, 6.07) is 4.08. The van der Waals surface area contributed by atoms with Crippen LogP contribution in [0.15, 0.2) is 24.5 Å². The van der Waals surface area contributed by atoms with Gasteiger partial charge in [0.15, 0.2) is 0 Å². The lowest BCUT2D eigenvalue weighted by molar-refractivity contribution is -0.143. The summed E-state index contributed by atoms with van der Waals surface area (Å²) >= 11 is 0. The third-order valence-corrected chi connectivity index (χ3v) is 3.66. The Kier molecular flexibility index (Phi) is 3.97. The number of aryl methyl sites for hydroxylation is 1. The first kappa shape index (κ1) is 13.0. The van der Waals surface area contributed by atoms with Gasteiger partial charge in [-0.3, -0.25) is 9.78 Å². The van der Waals surface area contributed by atoms with Crippen molar-refractivity contribution >= 4 is 5.91 Å². The summed E-state index contributed by atoms with van der Waals surface area (Å²) in [7, 11) is 3.68. The summed E-state index contributed by atoms with van der Waals surface area (Å²) in [5, 5.41) is 3.23. The molecular weight excluding hydrogens is 226 g/mol. The molecule has 0 aliphatic carbocycles. The van der Waals surface area contributed by atoms with Gasteiger partial charge >= 0.3 is 0 Å². The van der Waals surface area contributed by atoms with Crippen molar-refractivity contribution in [2.45, 2.75) is 19.3 Å². The van der Waals surface area contributed by atoms with Crippen LogP contribution < -0.4 is 5.32 Å². The Bertz CT molecular complexity index is 399. The molecule has 0 radical (unpaired) electrons. The van der Waals surface area contributed by atoms with Gasteiger partial charge in [0.1, 0.15) is 0 Å². The second-order valence-electron chi connectivity index (χ2n) is 5.29. The highest BCUT2D eigenvalue weighted by atomic mass is 16.2. The molecule has 1 aliphatic heterocycles. The summed E-state index contributed by atoms with van der Waals surface area (Å²) in [5.41, 5.74) is 1.14. The van der Waals surface area contributed by atoms with Gasteiger partial charge < -0.3 is 10.2 Å². The Morgan fingerprint density at radius 2 is 2.06 bits per heavy atom. The average Bonchev–Trinajstić information content (AvgIpc) is 2.33. The van der Waals surface area contributed by atoms with Gasteiger partial charge in [-0.2, -0.15) is 0 Å². The molecule has 0 bridgehead atoms. The van der Waals surface area contributed by atoms with Gasteiger partial charge in [-0.15, -0.1) is 0 Å². The number of rotatable bonds is 5. The summed E-state index contributed by atoms with van der Waals surface area (Å²) in [5.74, 6) is 0.260. The van der Waals surface area contributed by atoms with Crippen LogP contribution in [0.4, 0.5) is 0 Å². The van der Waals surface area contributed by atoms with Crippen molar-refractivity contribution < 1.29 is 4.79 Å². The first-order valence-electron chi connectivity index (χ1n) is 6.45. The highest BCUT2D eigenvalue weighted by molar-refractivity contribution is 5.83. The van der Waals surface area contributed by atoms with E-state index in [2.05, 4.69) is 10.3 Å². The molecule has 1 aliphatic rings. The van der Waals surface area contributed by atoms with Gasteiger partial charge in [0.2, 0.25) is 5.91 Å². The lowest BCUT2D eigenvalue weighted by atomic mass is 9.75. The average molecular weight is 247 g/mol. The van der Waals surface area contributed by atoms with E-state index in [1.807, 2.05) is 38.6 Å². The second kappa shape index (κ2) is 5.48. The normalized spacial score (nSPS) is 17.0. The van der Waals surface area contributed by atoms with Crippen molar-refractivity contribution in [3.05, 3.63) is 30.1 Å². The molecule has 1 amide bonds. The lowest BCUT2D eigenvalue weighted by Crippen LogP contribution is -2.61. The Balaban J connectivity index is 1.86. The maximum atomic E-state index is 12.2. The molecule has 1 aromatic rings. The van der Waals surface area contributed by atoms with Crippen molar-refractivity contribution in [1.82, 2.24) is 15.2 Å². The van der Waals surface area contributed by atoms with Crippen molar-refractivity contribution in [2.75, 3.05) is 27.2 Å². The fraction of sp³-hybridized carbons (Fsp3) is 0.571. The number of hydrogen-bond acceptors (Lipinski definition) is 3. The monoisotopic (exact) mass is 247 g/mol. The third kappa shape index (κ3) is 2.70. The number of pyridine rings is 1. The summed E-state index contributed by atoms with van der Waals surface area (Å²) in [6.45, 7) is 1.64. The predicted molar refractivity (Wildman–Crippen MR) is 71.2 cm³/mol. The molecule has 0 saturated carbocycles. The zero-order valence-electron chi connectivity index (χ0n) is 11.1. The molecule has 2 rings (SSSR count). The Labute approximate surface area is 108 Å². The van der Waals surface area contributed by atoms with Crippen molar-refractivity contribution in [3.63, 3.8) is 0 Å². The number of carbonyl (C=O) groups excluding carboxylic acids is 1. The molecule has 1 N–H and O–H groups in total. The summed E-state index contributed by atoms with van der Waals surface area (Å²) in [6.07, 6.45) is 6.66. The fourth-order valence-electron chi connectivity index (χ4n) is 2.52. The van der Waals surface area contributed by atoms with E-state index in [1.165, 1.54) is 5.56 Å². The number of nitrogens with zero attached hydrogens (tertiary/aromatic N) is 2. The summed E-state index contributed by atoms with van der Waals surface area (Å²) in [4.78, 5) is 17.9. The van der Waals surface area contributed by atoms with Gasteiger partial charge in [0.25, 0.3) is 0 Å². The maximum absolute atomic E-state index is 12.2. The Morgan fingerprint density at radius 1 is 1.39 bits per heavy atom. The lowest BCUT2D eigenvalue weighted by Gasteiger charge is -2.42. The van der Waals surface area contributed by atoms with Gasteiger partial charge in [0, 0.05) is 39.6 Å². The molecule has 0 spiro atoms. The van der Waals surface area contributed by atoms with Crippen LogP contribution in [0.5, 0.6) is 0 Å². The molecule has 1 saturated heterocycles. The van der Waals surface area contributed by atoms with E-state index in [0.717, 1.165) is 32.4 Å². The van der Waals surface area contributed by atoms with Crippen LogP contribution in [-0.2, 0) is 11.2 Å². The topological polar surface area (TPSA) is 45.2 Å². The second-order valence-corrected chi connectivity index (χ2v) is 5.29. The minimum Gasteiger partial charge on any atom is -0.348 e. The highest BCUT2D eigenvalue weighted by Crippen LogP contribution is 2.31. The predicted octanol–water partition coefficient (Wildman–Crippen LogP) is 1.08. The fourth-order valence-corrected chi connectivity index (χ4v) is 2.52. The molecular formula is C14H21N3O. The molecule has 1 aromatic heterocycles. The number of nitrogens with one attached hydrogen (secondary N) is 1. The van der Waals surface area contributed by atoms with E-state index in [4.69, 9.17) is 0 Å². The molecule has 4 nitrogen and oxygen atoms in total. The minimum absolute atomic E-state index is 0.156. The van der Waals surface area contributed by atoms with E-state index < -0.39 is 0 Å². The summed E-state index contributed by atoms with van der Waals surface area (Å²) < 4.78 is 0. The van der Waals surface area contributed by atoms with Crippen LogP contribution in [0.25, 0.3) is 0 Å². The highest BCUT2D eigenvalue weighted by Gasteiger charge is 2.44. The standard InChI is InChI=1S/C14H21N3O/c1-17(2)13(18)14(10-16-11-14)7-3-4-12-5-8-15-9-6-12/h5-6,8-9,16H,3-4,7,10-11H2,1-2H3. The van der Waals surface area contributed by atoms with Gasteiger partial charge in [-0.1, -0.05) is 0 Å². The maximum Gasteiger partial charge on any atom is 0.230 e. The number of carbonyl (C=O) groups is 1. The van der Waals surface area contributed by atoms with Crippen molar-refractivity contribution in [3.8, 4) is 0 Å². The molecule has 1 fully saturated rings. The van der Waals surface area contributed by atoms with E-state index in [0.29, 0.717) is 0 Å². The molecule has 4 heteroatoms. The van der Waals surface area contributed by atoms with E-state index >= 15 is 0 Å². The Morgan fingerprint density at radius 3 is 2.56 bits per heavy atom. The van der Waals surface area contributed by atoms with E-state index in [1.54, 1.807) is 4.90 Å². The van der Waals surface area contributed by atoms with Crippen LogP contribution >= 0.6 is 0 Å². The SMILES string of the molecule is CN(C)C(=O)C1(CCCc2ccncc2)CNC1. The molecule has 18 heavy (non-hydrogen) atoms. The van der Waals surface area contributed by atoms with Crippen LogP contribution in [0.2, 0.25) is 0 Å². The number of aromatic nitrogens is 1. The zero-order chi connectivity index (χ0) is 13.0. The van der Waals surface area contributed by atoms with E-state index in [9.17, 15) is 4.79 Å². The first-order chi connectivity index (χ1) is 8.64. The van der Waals surface area contributed by atoms with Gasteiger partial charge in [-0.25, -0.2) is 0 Å². The van der Waals surface area contributed by atoms with E-state index in [-0.39, 0.29) is 11.3 Å². The van der Waals surface area contributed by atoms with Crippen molar-refractivity contribution in [2.24, 2.45) is 5.41 Å². The third-order valence-electron chi connectivity index (χ3n) is 3.66. The zero-order valence-corrected chi connectivity index (χ0v) is 11.1. The minimum atomic E-state index is -0.156. The quantitative estimate of drug-likeness (QED) is 0.847. The molecule has 2 heterocycles.